The molecule has 1 aliphatic rings. The summed E-state index contributed by atoms with van der Waals surface area (Å²) >= 11 is 0. The second kappa shape index (κ2) is 4.98. The molecule has 2 rings (SSSR count). The highest BCUT2D eigenvalue weighted by atomic mass is 16.5. The highest BCUT2D eigenvalue weighted by Crippen LogP contribution is 2.18. The van der Waals surface area contributed by atoms with Crippen LogP contribution in [0.15, 0.2) is 18.3 Å². The summed E-state index contributed by atoms with van der Waals surface area (Å²) in [4.78, 5) is 4.05. The summed E-state index contributed by atoms with van der Waals surface area (Å²) < 4.78 is 5.04. The van der Waals surface area contributed by atoms with Crippen LogP contribution in [0.25, 0.3) is 0 Å². The number of anilines is 1. The molecule has 1 fully saturated rings. The van der Waals surface area contributed by atoms with Crippen LogP contribution in [0.5, 0.6) is 5.88 Å². The zero-order chi connectivity index (χ0) is 10.5. The average Bonchev–Trinajstić information content (AvgIpc) is 3.09. The standard InChI is InChI=1S/C11H17N3O/c1-15-11-8-10(4-5-14-11)13-7-6-12-9-2-3-9/h4-5,8-9,12H,2-3,6-7H2,1H3,(H,13,14). The molecule has 0 spiro atoms. The molecule has 0 aromatic carbocycles. The molecule has 82 valence electrons. The molecule has 0 radical (unpaired) electrons. The van der Waals surface area contributed by atoms with Crippen LogP contribution < -0.4 is 15.4 Å². The van der Waals surface area contributed by atoms with Gasteiger partial charge in [-0.1, -0.05) is 0 Å². The maximum Gasteiger partial charge on any atom is 0.214 e. The van der Waals surface area contributed by atoms with Crippen LogP contribution in [0.1, 0.15) is 12.8 Å². The fraction of sp³-hybridized carbons (Fsp3) is 0.545. The van der Waals surface area contributed by atoms with E-state index in [0.29, 0.717) is 5.88 Å². The van der Waals surface area contributed by atoms with E-state index in [0.717, 1.165) is 24.8 Å². The lowest BCUT2D eigenvalue weighted by Crippen LogP contribution is -2.23. The Balaban J connectivity index is 1.71. The van der Waals surface area contributed by atoms with Crippen molar-refractivity contribution < 1.29 is 4.74 Å². The first-order valence-electron chi connectivity index (χ1n) is 5.36. The van der Waals surface area contributed by atoms with Crippen LogP contribution >= 0.6 is 0 Å². The lowest BCUT2D eigenvalue weighted by Gasteiger charge is -2.07. The molecule has 1 saturated carbocycles. The van der Waals surface area contributed by atoms with Gasteiger partial charge in [-0.25, -0.2) is 4.98 Å². The number of aromatic nitrogens is 1. The molecule has 0 unspecified atom stereocenters. The third-order valence-electron chi connectivity index (χ3n) is 2.41. The number of hydrogen-bond acceptors (Lipinski definition) is 4. The molecule has 0 aliphatic heterocycles. The topological polar surface area (TPSA) is 46.2 Å². The molecule has 4 heteroatoms. The fourth-order valence-corrected chi connectivity index (χ4v) is 1.40. The van der Waals surface area contributed by atoms with E-state index in [1.54, 1.807) is 13.3 Å². The van der Waals surface area contributed by atoms with Gasteiger partial charge < -0.3 is 15.4 Å². The Kier molecular flexibility index (Phi) is 3.40. The minimum absolute atomic E-state index is 0.648. The van der Waals surface area contributed by atoms with Gasteiger partial charge in [-0.2, -0.15) is 0 Å². The number of pyridine rings is 1. The first-order valence-corrected chi connectivity index (χ1v) is 5.36. The van der Waals surface area contributed by atoms with E-state index in [2.05, 4.69) is 15.6 Å². The Labute approximate surface area is 90.0 Å². The number of rotatable bonds is 6. The average molecular weight is 207 g/mol. The lowest BCUT2D eigenvalue weighted by atomic mass is 10.4. The molecule has 1 aromatic heterocycles. The van der Waals surface area contributed by atoms with Gasteiger partial charge in [0, 0.05) is 37.1 Å². The van der Waals surface area contributed by atoms with Gasteiger partial charge in [0.25, 0.3) is 0 Å². The Bertz CT molecular complexity index is 312. The summed E-state index contributed by atoms with van der Waals surface area (Å²) in [5, 5.41) is 6.77. The van der Waals surface area contributed by atoms with Crippen molar-refractivity contribution in [2.45, 2.75) is 18.9 Å². The van der Waals surface area contributed by atoms with Crippen LogP contribution in [0, 0.1) is 0 Å². The van der Waals surface area contributed by atoms with E-state index in [-0.39, 0.29) is 0 Å². The Morgan fingerprint density at radius 2 is 2.33 bits per heavy atom. The molecule has 15 heavy (non-hydrogen) atoms. The molecule has 1 aromatic rings. The van der Waals surface area contributed by atoms with Gasteiger partial charge in [-0.3, -0.25) is 0 Å². The van der Waals surface area contributed by atoms with Crippen molar-refractivity contribution in [3.8, 4) is 5.88 Å². The Morgan fingerprint density at radius 1 is 1.47 bits per heavy atom. The molecule has 0 saturated heterocycles. The molecule has 2 N–H and O–H groups in total. The number of methoxy groups -OCH3 is 1. The molecule has 0 atom stereocenters. The monoisotopic (exact) mass is 207 g/mol. The predicted molar refractivity (Wildman–Crippen MR) is 60.3 cm³/mol. The van der Waals surface area contributed by atoms with E-state index in [4.69, 9.17) is 4.74 Å². The summed E-state index contributed by atoms with van der Waals surface area (Å²) in [6, 6.07) is 4.62. The van der Waals surface area contributed by atoms with Crippen LogP contribution in [-0.4, -0.2) is 31.2 Å². The normalized spacial score (nSPS) is 15.0. The van der Waals surface area contributed by atoms with E-state index in [9.17, 15) is 0 Å². The second-order valence-corrected chi connectivity index (χ2v) is 3.74. The van der Waals surface area contributed by atoms with Crippen molar-refractivity contribution in [1.82, 2.24) is 10.3 Å². The predicted octanol–water partition coefficient (Wildman–Crippen LogP) is 1.25. The Hall–Kier alpha value is -1.29. The lowest BCUT2D eigenvalue weighted by molar-refractivity contribution is 0.398. The van der Waals surface area contributed by atoms with E-state index in [1.807, 2.05) is 12.1 Å². The summed E-state index contributed by atoms with van der Waals surface area (Å²) in [5.74, 6) is 0.648. The molecular weight excluding hydrogens is 190 g/mol. The van der Waals surface area contributed by atoms with Gasteiger partial charge in [0.1, 0.15) is 0 Å². The highest BCUT2D eigenvalue weighted by molar-refractivity contribution is 5.44. The summed E-state index contributed by atoms with van der Waals surface area (Å²) in [6.45, 7) is 1.94. The van der Waals surface area contributed by atoms with Crippen molar-refractivity contribution in [2.24, 2.45) is 0 Å². The SMILES string of the molecule is COc1cc(NCCNC2CC2)ccn1. The van der Waals surface area contributed by atoms with Crippen LogP contribution in [0.4, 0.5) is 5.69 Å². The second-order valence-electron chi connectivity index (χ2n) is 3.74. The smallest absolute Gasteiger partial charge is 0.214 e. The maximum absolute atomic E-state index is 5.04. The van der Waals surface area contributed by atoms with Crippen molar-refractivity contribution in [3.05, 3.63) is 18.3 Å². The van der Waals surface area contributed by atoms with Gasteiger partial charge in [0.05, 0.1) is 7.11 Å². The number of hydrogen-bond donors (Lipinski definition) is 2. The first-order chi connectivity index (χ1) is 7.38. The van der Waals surface area contributed by atoms with Gasteiger partial charge in [0.2, 0.25) is 5.88 Å². The number of nitrogens with one attached hydrogen (secondary N) is 2. The summed E-state index contributed by atoms with van der Waals surface area (Å²) in [7, 11) is 1.63. The molecule has 4 nitrogen and oxygen atoms in total. The van der Waals surface area contributed by atoms with Gasteiger partial charge in [0.15, 0.2) is 0 Å². The van der Waals surface area contributed by atoms with Gasteiger partial charge in [-0.15, -0.1) is 0 Å². The largest absolute Gasteiger partial charge is 0.481 e. The van der Waals surface area contributed by atoms with Crippen molar-refractivity contribution in [3.63, 3.8) is 0 Å². The van der Waals surface area contributed by atoms with Gasteiger partial charge >= 0.3 is 0 Å². The quantitative estimate of drug-likeness (QED) is 0.689. The Morgan fingerprint density at radius 3 is 3.07 bits per heavy atom. The summed E-state index contributed by atoms with van der Waals surface area (Å²) in [5.41, 5.74) is 1.06. The van der Waals surface area contributed by atoms with Crippen LogP contribution in [0.2, 0.25) is 0 Å². The third-order valence-corrected chi connectivity index (χ3v) is 2.41. The fourth-order valence-electron chi connectivity index (χ4n) is 1.40. The zero-order valence-corrected chi connectivity index (χ0v) is 8.99. The van der Waals surface area contributed by atoms with Crippen LogP contribution in [0.3, 0.4) is 0 Å². The van der Waals surface area contributed by atoms with Crippen molar-refractivity contribution in [2.75, 3.05) is 25.5 Å². The van der Waals surface area contributed by atoms with E-state index >= 15 is 0 Å². The first kappa shape index (κ1) is 10.2. The number of ether oxygens (including phenoxy) is 1. The third kappa shape index (κ3) is 3.40. The summed E-state index contributed by atoms with van der Waals surface area (Å²) in [6.07, 6.45) is 4.42. The minimum Gasteiger partial charge on any atom is -0.481 e. The maximum atomic E-state index is 5.04. The molecule has 0 amide bonds. The molecule has 1 heterocycles. The zero-order valence-electron chi connectivity index (χ0n) is 8.99. The van der Waals surface area contributed by atoms with Crippen molar-refractivity contribution >= 4 is 5.69 Å². The molecule has 0 bridgehead atoms. The molecular formula is C11H17N3O. The minimum atomic E-state index is 0.648. The van der Waals surface area contributed by atoms with Crippen molar-refractivity contribution in [1.29, 1.82) is 0 Å². The van der Waals surface area contributed by atoms with Crippen LogP contribution in [-0.2, 0) is 0 Å². The van der Waals surface area contributed by atoms with E-state index in [1.165, 1.54) is 12.8 Å². The highest BCUT2D eigenvalue weighted by Gasteiger charge is 2.19. The van der Waals surface area contributed by atoms with Gasteiger partial charge in [-0.05, 0) is 18.9 Å². The number of nitrogens with zero attached hydrogens (tertiary/aromatic N) is 1. The molecule has 1 aliphatic carbocycles. The van der Waals surface area contributed by atoms with E-state index < -0.39 is 0 Å².